The number of imidazole rings is 1. The lowest BCUT2D eigenvalue weighted by atomic mass is 10.1. The van der Waals surface area contributed by atoms with Crippen molar-refractivity contribution in [2.45, 2.75) is 45.1 Å². The minimum atomic E-state index is 0.518. The summed E-state index contributed by atoms with van der Waals surface area (Å²) in [6.07, 6.45) is 5.95. The van der Waals surface area contributed by atoms with Gasteiger partial charge >= 0.3 is 0 Å². The van der Waals surface area contributed by atoms with Crippen molar-refractivity contribution in [2.75, 3.05) is 5.88 Å². The third kappa shape index (κ3) is 2.68. The number of alkyl halides is 1. The Morgan fingerprint density at radius 2 is 2.20 bits per heavy atom. The number of hydrogen-bond acceptors (Lipinski definition) is 1. The minimum Gasteiger partial charge on any atom is -0.325 e. The Balaban J connectivity index is 2.09. The lowest BCUT2D eigenvalue weighted by Crippen LogP contribution is -2.13. The van der Waals surface area contributed by atoms with Gasteiger partial charge in [-0.25, -0.2) is 4.98 Å². The van der Waals surface area contributed by atoms with Crippen molar-refractivity contribution in [2.24, 2.45) is 5.92 Å². The first-order valence-corrected chi connectivity index (χ1v) is 8.37. The summed E-state index contributed by atoms with van der Waals surface area (Å²) < 4.78 is 2.39. The normalized spacial score (nSPS) is 16.8. The van der Waals surface area contributed by atoms with E-state index in [0.717, 1.165) is 40.6 Å². The van der Waals surface area contributed by atoms with Gasteiger partial charge in [-0.2, -0.15) is 0 Å². The van der Waals surface area contributed by atoms with Crippen molar-refractivity contribution >= 4 is 34.2 Å². The molecule has 1 fully saturated rings. The third-order valence-corrected chi connectivity index (χ3v) is 4.69. The van der Waals surface area contributed by atoms with Gasteiger partial charge in [-0.05, 0) is 30.9 Å². The Hall–Kier alpha value is -0.730. The number of para-hydroxylation sites is 1. The molecular weight excluding hydrogens is 291 g/mol. The monoisotopic (exact) mass is 310 g/mol. The zero-order valence-electron chi connectivity index (χ0n) is 11.8. The highest BCUT2D eigenvalue weighted by Crippen LogP contribution is 2.39. The molecular formula is C16H20Cl2N2. The van der Waals surface area contributed by atoms with Crippen LogP contribution in [0.5, 0.6) is 0 Å². The zero-order chi connectivity index (χ0) is 14.1. The number of fused-ring (bicyclic) bond motifs is 1. The molecule has 108 valence electrons. The molecule has 2 nitrogen and oxygen atoms in total. The summed E-state index contributed by atoms with van der Waals surface area (Å²) >= 11 is 12.3. The molecule has 1 atom stereocenters. The van der Waals surface area contributed by atoms with Crippen molar-refractivity contribution < 1.29 is 0 Å². The number of hydrogen-bond donors (Lipinski definition) is 0. The van der Waals surface area contributed by atoms with E-state index < -0.39 is 0 Å². The van der Waals surface area contributed by atoms with Crippen LogP contribution in [0.4, 0.5) is 0 Å². The number of aryl methyl sites for hydroxylation is 1. The lowest BCUT2D eigenvalue weighted by molar-refractivity contribution is 0.427. The molecule has 0 spiro atoms. The van der Waals surface area contributed by atoms with Crippen LogP contribution in [0.2, 0.25) is 5.02 Å². The van der Waals surface area contributed by atoms with Crippen LogP contribution in [0.1, 0.15) is 44.5 Å². The van der Waals surface area contributed by atoms with Gasteiger partial charge in [0.1, 0.15) is 11.3 Å². The molecule has 1 unspecified atom stereocenters. The second-order valence-electron chi connectivity index (χ2n) is 5.69. The summed E-state index contributed by atoms with van der Waals surface area (Å²) in [5.74, 6) is 2.58. The lowest BCUT2D eigenvalue weighted by Gasteiger charge is -2.20. The molecule has 3 rings (SSSR count). The van der Waals surface area contributed by atoms with Crippen molar-refractivity contribution in [1.82, 2.24) is 9.55 Å². The van der Waals surface area contributed by atoms with E-state index in [-0.39, 0.29) is 0 Å². The number of benzene rings is 1. The molecule has 0 aliphatic heterocycles. The van der Waals surface area contributed by atoms with Crippen LogP contribution in [0.3, 0.4) is 0 Å². The predicted molar refractivity (Wildman–Crippen MR) is 85.8 cm³/mol. The van der Waals surface area contributed by atoms with Crippen LogP contribution in [0.15, 0.2) is 18.2 Å². The van der Waals surface area contributed by atoms with Gasteiger partial charge in [0.05, 0.1) is 10.5 Å². The van der Waals surface area contributed by atoms with Crippen LogP contribution < -0.4 is 0 Å². The maximum absolute atomic E-state index is 6.30. The molecule has 1 heterocycles. The fraction of sp³-hybridized carbons (Fsp3) is 0.562. The third-order valence-electron chi connectivity index (χ3n) is 4.20. The largest absolute Gasteiger partial charge is 0.325 e. The van der Waals surface area contributed by atoms with Crippen molar-refractivity contribution in [3.63, 3.8) is 0 Å². The molecule has 1 aliphatic carbocycles. The van der Waals surface area contributed by atoms with Crippen LogP contribution in [-0.2, 0) is 6.42 Å². The van der Waals surface area contributed by atoms with E-state index in [2.05, 4.69) is 17.6 Å². The average Bonchev–Trinajstić information content (AvgIpc) is 3.18. The van der Waals surface area contributed by atoms with Gasteiger partial charge in [-0.15, -0.1) is 11.6 Å². The van der Waals surface area contributed by atoms with E-state index >= 15 is 0 Å². The van der Waals surface area contributed by atoms with Crippen molar-refractivity contribution in [3.8, 4) is 0 Å². The van der Waals surface area contributed by atoms with Gasteiger partial charge in [0, 0.05) is 18.3 Å². The van der Waals surface area contributed by atoms with E-state index in [4.69, 9.17) is 28.2 Å². The topological polar surface area (TPSA) is 17.8 Å². The number of halogens is 2. The summed E-state index contributed by atoms with van der Waals surface area (Å²) in [4.78, 5) is 4.75. The van der Waals surface area contributed by atoms with E-state index in [0.29, 0.717) is 11.9 Å². The van der Waals surface area contributed by atoms with Crippen molar-refractivity contribution in [3.05, 3.63) is 29.0 Å². The van der Waals surface area contributed by atoms with Gasteiger partial charge < -0.3 is 4.57 Å². The first kappa shape index (κ1) is 14.2. The van der Waals surface area contributed by atoms with Gasteiger partial charge in [0.2, 0.25) is 0 Å². The summed E-state index contributed by atoms with van der Waals surface area (Å²) in [5.41, 5.74) is 2.08. The van der Waals surface area contributed by atoms with Crippen LogP contribution in [0, 0.1) is 5.92 Å². The summed E-state index contributed by atoms with van der Waals surface area (Å²) in [5, 5.41) is 0.735. The van der Waals surface area contributed by atoms with Crippen LogP contribution >= 0.6 is 23.2 Å². The van der Waals surface area contributed by atoms with Crippen LogP contribution in [0.25, 0.3) is 11.0 Å². The van der Waals surface area contributed by atoms with Gasteiger partial charge in [-0.1, -0.05) is 37.4 Å². The second-order valence-corrected chi connectivity index (χ2v) is 6.47. The van der Waals surface area contributed by atoms with Crippen molar-refractivity contribution in [1.29, 1.82) is 0 Å². The maximum atomic E-state index is 6.30. The fourth-order valence-corrected chi connectivity index (χ4v) is 3.37. The molecule has 1 aromatic heterocycles. The van der Waals surface area contributed by atoms with Crippen LogP contribution in [-0.4, -0.2) is 15.4 Å². The Morgan fingerprint density at radius 1 is 1.40 bits per heavy atom. The first-order valence-electron chi connectivity index (χ1n) is 7.45. The minimum absolute atomic E-state index is 0.518. The Labute approximate surface area is 130 Å². The number of nitrogens with zero attached hydrogens (tertiary/aromatic N) is 2. The molecule has 0 bridgehead atoms. The van der Waals surface area contributed by atoms with E-state index in [1.807, 2.05) is 12.1 Å². The zero-order valence-corrected chi connectivity index (χ0v) is 13.3. The van der Waals surface area contributed by atoms with E-state index in [1.165, 1.54) is 19.3 Å². The molecule has 1 saturated carbocycles. The first-order chi connectivity index (χ1) is 9.74. The van der Waals surface area contributed by atoms with Gasteiger partial charge in [0.15, 0.2) is 0 Å². The number of rotatable bonds is 6. The summed E-state index contributed by atoms with van der Waals surface area (Å²) in [6, 6.07) is 6.57. The quantitative estimate of drug-likeness (QED) is 0.669. The molecule has 20 heavy (non-hydrogen) atoms. The number of aromatic nitrogens is 2. The Morgan fingerprint density at radius 3 is 2.85 bits per heavy atom. The predicted octanol–water partition coefficient (Wildman–Crippen LogP) is 5.22. The molecule has 1 aromatic carbocycles. The molecule has 2 aromatic rings. The van der Waals surface area contributed by atoms with E-state index in [9.17, 15) is 0 Å². The smallest absolute Gasteiger partial charge is 0.111 e. The highest BCUT2D eigenvalue weighted by atomic mass is 35.5. The SMILES string of the molecule is CCC(CC1CC1)n1c(CCCl)nc2c(Cl)cccc21. The van der Waals surface area contributed by atoms with Gasteiger partial charge in [-0.3, -0.25) is 0 Å². The molecule has 0 N–H and O–H groups in total. The average molecular weight is 311 g/mol. The highest BCUT2D eigenvalue weighted by molar-refractivity contribution is 6.34. The van der Waals surface area contributed by atoms with Gasteiger partial charge in [0.25, 0.3) is 0 Å². The highest BCUT2D eigenvalue weighted by Gasteiger charge is 2.27. The molecule has 0 radical (unpaired) electrons. The summed E-state index contributed by atoms with van der Waals surface area (Å²) in [6.45, 7) is 2.26. The second kappa shape index (κ2) is 5.95. The summed E-state index contributed by atoms with van der Waals surface area (Å²) in [7, 11) is 0. The molecule has 0 amide bonds. The Bertz CT molecular complexity index is 602. The van der Waals surface area contributed by atoms with E-state index in [1.54, 1.807) is 0 Å². The fourth-order valence-electron chi connectivity index (χ4n) is 2.99. The maximum Gasteiger partial charge on any atom is 0.111 e. The molecule has 1 aliphatic rings. The Kier molecular flexibility index (Phi) is 4.23. The molecule has 4 heteroatoms. The standard InChI is InChI=1S/C16H20Cl2N2/c1-2-12(10-11-6-7-11)20-14-5-3-4-13(18)16(14)19-15(20)8-9-17/h3-5,11-12H,2,6-10H2,1H3. The molecule has 0 saturated heterocycles.